The normalized spacial score (nSPS) is 17.8. The Bertz CT molecular complexity index is 530. The molecule has 1 heterocycles. The second-order valence-electron chi connectivity index (χ2n) is 5.54. The number of hydrogen-bond acceptors (Lipinski definition) is 3. The van der Waals surface area contributed by atoms with Crippen molar-refractivity contribution in [2.45, 2.75) is 37.5 Å². The van der Waals surface area contributed by atoms with Crippen molar-refractivity contribution < 1.29 is 9.53 Å². The third-order valence-electron chi connectivity index (χ3n) is 3.68. The summed E-state index contributed by atoms with van der Waals surface area (Å²) in [5.41, 5.74) is 3.64. The first-order valence-corrected chi connectivity index (χ1v) is 7.46. The van der Waals surface area contributed by atoms with E-state index in [1.165, 1.54) is 29.7 Å². The summed E-state index contributed by atoms with van der Waals surface area (Å²) in [6.07, 6.45) is 2.73. The SMILES string of the molecule is COC(=O)/C=C(\C)c1ccc2c(c1)C(C)(C)CCS2. The molecule has 0 bridgehead atoms. The molecule has 0 amide bonds. The standard InChI is InChI=1S/C16H20O2S/c1-11(9-15(17)18-4)12-5-6-14-13(10-12)16(2,3)7-8-19-14/h5-6,9-10H,7-8H2,1-4H3/b11-9+. The van der Waals surface area contributed by atoms with Gasteiger partial charge in [-0.15, -0.1) is 11.8 Å². The van der Waals surface area contributed by atoms with Gasteiger partial charge in [0.05, 0.1) is 7.11 Å². The van der Waals surface area contributed by atoms with Gasteiger partial charge in [0.2, 0.25) is 0 Å². The lowest BCUT2D eigenvalue weighted by molar-refractivity contribution is -0.134. The molecule has 0 N–H and O–H groups in total. The second-order valence-corrected chi connectivity index (χ2v) is 6.68. The van der Waals surface area contributed by atoms with E-state index >= 15 is 0 Å². The van der Waals surface area contributed by atoms with E-state index in [0.717, 1.165) is 11.1 Å². The number of hydrogen-bond donors (Lipinski definition) is 0. The molecule has 102 valence electrons. The molecule has 1 aliphatic rings. The molecule has 1 aliphatic heterocycles. The van der Waals surface area contributed by atoms with Crippen LogP contribution in [0.1, 0.15) is 38.3 Å². The van der Waals surface area contributed by atoms with E-state index in [9.17, 15) is 4.79 Å². The summed E-state index contributed by atoms with van der Waals surface area (Å²) in [6, 6.07) is 6.48. The van der Waals surface area contributed by atoms with Gasteiger partial charge in [-0.2, -0.15) is 0 Å². The molecule has 1 aromatic carbocycles. The topological polar surface area (TPSA) is 26.3 Å². The predicted octanol–water partition coefficient (Wildman–Crippen LogP) is 4.04. The Balaban J connectivity index is 2.40. The number of carbonyl (C=O) groups is 1. The quantitative estimate of drug-likeness (QED) is 0.602. The van der Waals surface area contributed by atoms with Gasteiger partial charge in [0.25, 0.3) is 0 Å². The van der Waals surface area contributed by atoms with Crippen LogP contribution in [0.3, 0.4) is 0 Å². The molecule has 0 spiro atoms. The van der Waals surface area contributed by atoms with Gasteiger partial charge in [0, 0.05) is 11.0 Å². The zero-order valence-corrected chi connectivity index (χ0v) is 12.8. The van der Waals surface area contributed by atoms with Gasteiger partial charge in [-0.3, -0.25) is 0 Å². The van der Waals surface area contributed by atoms with Crippen LogP contribution in [0.4, 0.5) is 0 Å². The van der Waals surface area contributed by atoms with Crippen molar-refractivity contribution in [1.82, 2.24) is 0 Å². The van der Waals surface area contributed by atoms with Crippen LogP contribution in [0.5, 0.6) is 0 Å². The fourth-order valence-corrected chi connectivity index (χ4v) is 3.79. The Kier molecular flexibility index (Phi) is 4.04. The minimum Gasteiger partial charge on any atom is -0.466 e. The number of esters is 1. The van der Waals surface area contributed by atoms with E-state index in [0.29, 0.717) is 0 Å². The minimum absolute atomic E-state index is 0.210. The lowest BCUT2D eigenvalue weighted by Crippen LogP contribution is -2.22. The summed E-state index contributed by atoms with van der Waals surface area (Å²) in [6.45, 7) is 6.52. The number of methoxy groups -OCH3 is 1. The van der Waals surface area contributed by atoms with E-state index in [1.54, 1.807) is 6.08 Å². The van der Waals surface area contributed by atoms with Crippen molar-refractivity contribution in [2.24, 2.45) is 0 Å². The first kappa shape index (κ1) is 14.2. The van der Waals surface area contributed by atoms with E-state index in [2.05, 4.69) is 36.8 Å². The lowest BCUT2D eigenvalue weighted by Gasteiger charge is -2.32. The summed E-state index contributed by atoms with van der Waals surface area (Å²) in [7, 11) is 1.40. The van der Waals surface area contributed by atoms with E-state index in [1.807, 2.05) is 18.7 Å². The summed E-state index contributed by atoms with van der Waals surface area (Å²) in [5, 5.41) is 0. The van der Waals surface area contributed by atoms with Crippen LogP contribution >= 0.6 is 11.8 Å². The highest BCUT2D eigenvalue weighted by Crippen LogP contribution is 2.42. The van der Waals surface area contributed by atoms with Gasteiger partial charge in [0.1, 0.15) is 0 Å². The van der Waals surface area contributed by atoms with E-state index in [4.69, 9.17) is 0 Å². The number of carbonyl (C=O) groups excluding carboxylic acids is 1. The lowest BCUT2D eigenvalue weighted by atomic mass is 9.80. The number of rotatable bonds is 2. The van der Waals surface area contributed by atoms with Crippen molar-refractivity contribution in [3.8, 4) is 0 Å². The molecule has 2 rings (SSSR count). The van der Waals surface area contributed by atoms with Gasteiger partial charge in [-0.1, -0.05) is 19.9 Å². The van der Waals surface area contributed by atoms with Gasteiger partial charge < -0.3 is 4.74 Å². The first-order valence-electron chi connectivity index (χ1n) is 6.48. The van der Waals surface area contributed by atoms with Crippen LogP contribution in [0.2, 0.25) is 0 Å². The van der Waals surface area contributed by atoms with E-state index in [-0.39, 0.29) is 11.4 Å². The molecule has 0 fully saturated rings. The van der Waals surface area contributed by atoms with Crippen LogP contribution in [-0.2, 0) is 14.9 Å². The monoisotopic (exact) mass is 276 g/mol. The molecule has 0 radical (unpaired) electrons. The van der Waals surface area contributed by atoms with Gasteiger partial charge in [0.15, 0.2) is 0 Å². The maximum atomic E-state index is 11.3. The highest BCUT2D eigenvalue weighted by Gasteiger charge is 2.27. The summed E-state index contributed by atoms with van der Waals surface area (Å²) in [4.78, 5) is 12.7. The number of benzene rings is 1. The molecule has 0 saturated carbocycles. The van der Waals surface area contributed by atoms with E-state index < -0.39 is 0 Å². The zero-order chi connectivity index (χ0) is 14.0. The molecular weight excluding hydrogens is 256 g/mol. The Morgan fingerprint density at radius 2 is 2.16 bits per heavy atom. The third-order valence-corrected chi connectivity index (χ3v) is 4.76. The zero-order valence-electron chi connectivity index (χ0n) is 11.9. The number of thioether (sulfide) groups is 1. The van der Waals surface area contributed by atoms with Crippen molar-refractivity contribution in [3.05, 3.63) is 35.4 Å². The van der Waals surface area contributed by atoms with Gasteiger partial charge in [-0.25, -0.2) is 4.79 Å². The van der Waals surface area contributed by atoms with Gasteiger partial charge in [-0.05, 0) is 53.3 Å². The Hall–Kier alpha value is -1.22. The Morgan fingerprint density at radius 3 is 2.84 bits per heavy atom. The van der Waals surface area contributed by atoms with Crippen LogP contribution in [0.15, 0.2) is 29.2 Å². The van der Waals surface area contributed by atoms with Crippen LogP contribution in [0, 0.1) is 0 Å². The molecule has 0 aromatic heterocycles. The average Bonchev–Trinajstić information content (AvgIpc) is 2.38. The molecule has 19 heavy (non-hydrogen) atoms. The highest BCUT2D eigenvalue weighted by molar-refractivity contribution is 7.99. The molecule has 1 aromatic rings. The molecule has 3 heteroatoms. The van der Waals surface area contributed by atoms with Gasteiger partial charge >= 0.3 is 5.97 Å². The molecule has 0 unspecified atom stereocenters. The average molecular weight is 276 g/mol. The van der Waals surface area contributed by atoms with Crippen molar-refractivity contribution in [2.75, 3.05) is 12.9 Å². The van der Waals surface area contributed by atoms with Crippen LogP contribution in [0.25, 0.3) is 5.57 Å². The smallest absolute Gasteiger partial charge is 0.330 e. The number of fused-ring (bicyclic) bond motifs is 1. The summed E-state index contributed by atoms with van der Waals surface area (Å²) in [5.74, 6) is 0.875. The molecule has 0 atom stereocenters. The third kappa shape index (κ3) is 3.03. The van der Waals surface area contributed by atoms with Crippen LogP contribution in [-0.4, -0.2) is 18.8 Å². The first-order chi connectivity index (χ1) is 8.94. The summed E-state index contributed by atoms with van der Waals surface area (Å²) >= 11 is 1.92. The maximum Gasteiger partial charge on any atom is 0.330 e. The Labute approximate surface area is 119 Å². The molecule has 2 nitrogen and oxygen atoms in total. The molecule has 0 aliphatic carbocycles. The largest absolute Gasteiger partial charge is 0.466 e. The maximum absolute atomic E-state index is 11.3. The van der Waals surface area contributed by atoms with Crippen molar-refractivity contribution in [3.63, 3.8) is 0 Å². The fraction of sp³-hybridized carbons (Fsp3) is 0.438. The predicted molar refractivity (Wildman–Crippen MR) is 80.5 cm³/mol. The number of allylic oxidation sites excluding steroid dienone is 1. The molecular formula is C16H20O2S. The highest BCUT2D eigenvalue weighted by atomic mass is 32.2. The minimum atomic E-state index is -0.302. The number of ether oxygens (including phenoxy) is 1. The van der Waals surface area contributed by atoms with Crippen molar-refractivity contribution >= 4 is 23.3 Å². The summed E-state index contributed by atoms with van der Waals surface area (Å²) < 4.78 is 4.68. The van der Waals surface area contributed by atoms with Crippen molar-refractivity contribution in [1.29, 1.82) is 0 Å². The Morgan fingerprint density at radius 1 is 1.42 bits per heavy atom. The fourth-order valence-electron chi connectivity index (χ4n) is 2.30. The van der Waals surface area contributed by atoms with Crippen LogP contribution < -0.4 is 0 Å². The second kappa shape index (κ2) is 5.41. The molecule has 0 saturated heterocycles.